The molecule has 1 saturated heterocycles. The first kappa shape index (κ1) is 18.6. The largest absolute Gasteiger partial charge is 0.455 e. The Hall–Kier alpha value is -3.15. The lowest BCUT2D eigenvalue weighted by atomic mass is 10.1. The number of rotatable bonds is 5. The molecule has 0 spiro atoms. The number of ether oxygens (including phenoxy) is 1. The summed E-state index contributed by atoms with van der Waals surface area (Å²) in [4.78, 5) is 38.1. The average Bonchev–Trinajstić information content (AvgIpc) is 3.06. The number of amides is 2. The molecule has 1 heterocycles. The van der Waals surface area contributed by atoms with Gasteiger partial charge in [0.1, 0.15) is 0 Å². The van der Waals surface area contributed by atoms with E-state index in [9.17, 15) is 14.4 Å². The highest BCUT2D eigenvalue weighted by molar-refractivity contribution is 6.00. The van der Waals surface area contributed by atoms with Crippen molar-refractivity contribution in [2.75, 3.05) is 23.4 Å². The van der Waals surface area contributed by atoms with Crippen LogP contribution in [-0.2, 0) is 19.1 Å². The van der Waals surface area contributed by atoms with E-state index in [4.69, 9.17) is 4.74 Å². The molecule has 0 aromatic heterocycles. The summed E-state index contributed by atoms with van der Waals surface area (Å²) in [5, 5.41) is 2.75. The van der Waals surface area contributed by atoms with Crippen LogP contribution >= 0.6 is 0 Å². The minimum atomic E-state index is -0.564. The van der Waals surface area contributed by atoms with E-state index in [0.717, 1.165) is 16.8 Å². The number of aryl methyl sites for hydroxylation is 1. The van der Waals surface area contributed by atoms with Gasteiger partial charge in [-0.1, -0.05) is 30.3 Å². The normalized spacial score (nSPS) is 16.3. The van der Waals surface area contributed by atoms with Crippen molar-refractivity contribution in [2.45, 2.75) is 20.3 Å². The van der Waals surface area contributed by atoms with Gasteiger partial charge in [0.25, 0.3) is 5.91 Å². The number of benzene rings is 2. The van der Waals surface area contributed by atoms with E-state index in [-0.39, 0.29) is 25.5 Å². The van der Waals surface area contributed by atoms with E-state index in [1.165, 1.54) is 0 Å². The second-order valence-electron chi connectivity index (χ2n) is 6.64. The van der Waals surface area contributed by atoms with Gasteiger partial charge in [-0.2, -0.15) is 0 Å². The maximum absolute atomic E-state index is 12.3. The van der Waals surface area contributed by atoms with E-state index in [1.54, 1.807) is 11.0 Å². The Kier molecular flexibility index (Phi) is 5.54. The molecule has 0 radical (unpaired) electrons. The number of hydrogen-bond donors (Lipinski definition) is 1. The molecule has 27 heavy (non-hydrogen) atoms. The predicted octanol–water partition coefficient (Wildman–Crippen LogP) is 2.84. The average molecular weight is 366 g/mol. The third-order valence-electron chi connectivity index (χ3n) is 4.75. The summed E-state index contributed by atoms with van der Waals surface area (Å²) in [6.07, 6.45) is 0.0896. The molecule has 1 N–H and O–H groups in total. The molecule has 6 nitrogen and oxygen atoms in total. The number of nitrogens with one attached hydrogen (secondary N) is 1. The molecule has 1 fully saturated rings. The van der Waals surface area contributed by atoms with Gasteiger partial charge in [-0.05, 0) is 43.2 Å². The molecule has 0 unspecified atom stereocenters. The van der Waals surface area contributed by atoms with Gasteiger partial charge in [-0.3, -0.25) is 14.4 Å². The summed E-state index contributed by atoms with van der Waals surface area (Å²) in [6, 6.07) is 14.8. The van der Waals surface area contributed by atoms with Crippen LogP contribution in [0.1, 0.15) is 17.5 Å². The lowest BCUT2D eigenvalue weighted by molar-refractivity contribution is -0.151. The molecule has 2 aromatic carbocycles. The van der Waals surface area contributed by atoms with E-state index < -0.39 is 17.8 Å². The van der Waals surface area contributed by atoms with Crippen molar-refractivity contribution in [2.24, 2.45) is 5.92 Å². The molecular formula is C21H22N2O4. The van der Waals surface area contributed by atoms with Gasteiger partial charge in [0, 0.05) is 24.3 Å². The maximum Gasteiger partial charge on any atom is 0.311 e. The molecule has 1 aliphatic rings. The Bertz CT molecular complexity index is 864. The van der Waals surface area contributed by atoms with Crippen LogP contribution in [0.25, 0.3) is 0 Å². The number of para-hydroxylation sites is 1. The first-order valence-electron chi connectivity index (χ1n) is 8.84. The Morgan fingerprint density at radius 1 is 1.11 bits per heavy atom. The molecule has 1 atom stereocenters. The zero-order chi connectivity index (χ0) is 19.4. The fourth-order valence-corrected chi connectivity index (χ4v) is 3.05. The van der Waals surface area contributed by atoms with Crippen LogP contribution in [0.3, 0.4) is 0 Å². The van der Waals surface area contributed by atoms with Gasteiger partial charge >= 0.3 is 5.97 Å². The Morgan fingerprint density at radius 2 is 1.85 bits per heavy atom. The second-order valence-corrected chi connectivity index (χ2v) is 6.64. The Morgan fingerprint density at radius 3 is 2.59 bits per heavy atom. The maximum atomic E-state index is 12.3. The third kappa shape index (κ3) is 4.34. The Balaban J connectivity index is 1.53. The lowest BCUT2D eigenvalue weighted by Crippen LogP contribution is -2.28. The minimum absolute atomic E-state index is 0.0896. The minimum Gasteiger partial charge on any atom is -0.455 e. The van der Waals surface area contributed by atoms with Crippen molar-refractivity contribution in [1.82, 2.24) is 0 Å². The molecule has 140 valence electrons. The number of carbonyl (C=O) groups is 3. The van der Waals surface area contributed by atoms with Gasteiger partial charge in [-0.15, -0.1) is 0 Å². The van der Waals surface area contributed by atoms with Crippen molar-refractivity contribution in [3.8, 4) is 0 Å². The molecule has 0 bridgehead atoms. The summed E-state index contributed by atoms with van der Waals surface area (Å²) in [5.41, 5.74) is 3.49. The van der Waals surface area contributed by atoms with E-state index in [1.807, 2.05) is 56.3 Å². The highest BCUT2D eigenvalue weighted by atomic mass is 16.5. The van der Waals surface area contributed by atoms with Crippen LogP contribution in [-0.4, -0.2) is 30.9 Å². The molecule has 1 aliphatic heterocycles. The van der Waals surface area contributed by atoms with Crippen LogP contribution in [0.5, 0.6) is 0 Å². The first-order valence-corrected chi connectivity index (χ1v) is 8.84. The zero-order valence-corrected chi connectivity index (χ0v) is 15.4. The van der Waals surface area contributed by atoms with Gasteiger partial charge in [-0.25, -0.2) is 0 Å². The van der Waals surface area contributed by atoms with E-state index >= 15 is 0 Å². The quantitative estimate of drug-likeness (QED) is 0.826. The van der Waals surface area contributed by atoms with Gasteiger partial charge in [0.2, 0.25) is 5.91 Å². The lowest BCUT2D eigenvalue weighted by Gasteiger charge is -2.16. The van der Waals surface area contributed by atoms with E-state index in [0.29, 0.717) is 5.69 Å². The summed E-state index contributed by atoms with van der Waals surface area (Å²) in [6.45, 7) is 3.77. The van der Waals surface area contributed by atoms with Gasteiger partial charge in [0.15, 0.2) is 6.61 Å². The number of nitrogens with zero attached hydrogens (tertiary/aromatic N) is 1. The zero-order valence-electron chi connectivity index (χ0n) is 15.4. The fraction of sp³-hybridized carbons (Fsp3) is 0.286. The summed E-state index contributed by atoms with van der Waals surface area (Å²) < 4.78 is 5.13. The summed E-state index contributed by atoms with van der Waals surface area (Å²) in [5.74, 6) is -1.62. The van der Waals surface area contributed by atoms with Crippen LogP contribution in [0.15, 0.2) is 48.5 Å². The highest BCUT2D eigenvalue weighted by Gasteiger charge is 2.36. The molecule has 6 heteroatoms. The smallest absolute Gasteiger partial charge is 0.311 e. The first-order chi connectivity index (χ1) is 13.0. The monoisotopic (exact) mass is 366 g/mol. The van der Waals surface area contributed by atoms with Crippen LogP contribution in [0.2, 0.25) is 0 Å². The van der Waals surface area contributed by atoms with Crippen LogP contribution in [0.4, 0.5) is 11.4 Å². The molecule has 3 rings (SSSR count). The molecular weight excluding hydrogens is 344 g/mol. The van der Waals surface area contributed by atoms with Crippen molar-refractivity contribution in [3.05, 3.63) is 59.7 Å². The van der Waals surface area contributed by atoms with Crippen LogP contribution in [0, 0.1) is 19.8 Å². The van der Waals surface area contributed by atoms with E-state index in [2.05, 4.69) is 5.32 Å². The molecule has 2 aromatic rings. The van der Waals surface area contributed by atoms with Gasteiger partial charge in [0.05, 0.1) is 5.92 Å². The number of esters is 1. The predicted molar refractivity (Wildman–Crippen MR) is 102 cm³/mol. The molecule has 0 saturated carbocycles. The summed E-state index contributed by atoms with van der Waals surface area (Å²) in [7, 11) is 0. The highest BCUT2D eigenvalue weighted by Crippen LogP contribution is 2.25. The van der Waals surface area contributed by atoms with Crippen molar-refractivity contribution in [1.29, 1.82) is 0 Å². The summed E-state index contributed by atoms with van der Waals surface area (Å²) >= 11 is 0. The molecule has 2 amide bonds. The number of carbonyl (C=O) groups excluding carboxylic acids is 3. The van der Waals surface area contributed by atoms with Gasteiger partial charge < -0.3 is 15.0 Å². The number of anilines is 2. The second kappa shape index (κ2) is 8.03. The fourth-order valence-electron chi connectivity index (χ4n) is 3.05. The Labute approximate surface area is 158 Å². The standard InChI is InChI=1S/C21H22N2O4/c1-14-7-6-10-18(15(14)2)22-19(24)13-27-21(26)16-11-20(25)23(12-16)17-8-4-3-5-9-17/h3-10,16H,11-13H2,1-2H3,(H,22,24)/t16-/m0/s1. The topological polar surface area (TPSA) is 75.7 Å². The SMILES string of the molecule is Cc1cccc(NC(=O)COC(=O)[C@H]2CC(=O)N(c3ccccc3)C2)c1C. The van der Waals surface area contributed by atoms with Crippen LogP contribution < -0.4 is 10.2 Å². The van der Waals surface area contributed by atoms with Crippen molar-refractivity contribution < 1.29 is 19.1 Å². The van der Waals surface area contributed by atoms with Crippen molar-refractivity contribution >= 4 is 29.2 Å². The molecule has 0 aliphatic carbocycles. The number of hydrogen-bond acceptors (Lipinski definition) is 4. The third-order valence-corrected chi connectivity index (χ3v) is 4.75. The van der Waals surface area contributed by atoms with Crippen molar-refractivity contribution in [3.63, 3.8) is 0 Å².